The number of nitriles is 1. The van der Waals surface area contributed by atoms with E-state index in [1.54, 1.807) is 18.3 Å². The number of hydrogen-bond acceptors (Lipinski definition) is 6. The number of amides is 1. The van der Waals surface area contributed by atoms with Crippen molar-refractivity contribution in [3.05, 3.63) is 82.7 Å². The third-order valence-corrected chi connectivity index (χ3v) is 5.88. The Hall–Kier alpha value is -3.73. The molecule has 1 amide bonds. The minimum atomic E-state index is -0.243. The molecule has 1 aromatic heterocycles. The maximum atomic E-state index is 13.2. The summed E-state index contributed by atoms with van der Waals surface area (Å²) in [5.41, 5.74) is 5.27. The van der Waals surface area contributed by atoms with Gasteiger partial charge in [-0.2, -0.15) is 5.26 Å². The molecule has 4 rings (SSSR count). The lowest BCUT2D eigenvalue weighted by Gasteiger charge is -2.23. The van der Waals surface area contributed by atoms with Crippen molar-refractivity contribution >= 4 is 5.91 Å². The molecule has 7 heteroatoms. The lowest BCUT2D eigenvalue weighted by molar-refractivity contribution is -0.101. The zero-order valence-corrected chi connectivity index (χ0v) is 20.2. The smallest absolute Gasteiger partial charge is 0.251 e. The topological polar surface area (TPSA) is 93.5 Å². The molecule has 1 fully saturated rings. The molecule has 3 aromatic rings. The Labute approximate surface area is 205 Å². The molecule has 1 unspecified atom stereocenters. The molecule has 1 N–H and O–H groups in total. The van der Waals surface area contributed by atoms with Gasteiger partial charge in [0.05, 0.1) is 37.5 Å². The van der Waals surface area contributed by atoms with Gasteiger partial charge in [0.2, 0.25) is 0 Å². The van der Waals surface area contributed by atoms with Crippen LogP contribution in [0.25, 0.3) is 11.1 Å². The van der Waals surface area contributed by atoms with Crippen LogP contribution in [0.5, 0.6) is 5.75 Å². The molecule has 2 aromatic carbocycles. The Bertz CT molecular complexity index is 1230. The van der Waals surface area contributed by atoms with Crippen LogP contribution in [0.4, 0.5) is 0 Å². The molecular weight excluding hydrogens is 442 g/mol. The largest absolute Gasteiger partial charge is 0.491 e. The molecule has 0 saturated carbocycles. The fourth-order valence-electron chi connectivity index (χ4n) is 3.89. The number of carbonyl (C=O) groups excluding carboxylic acids is 1. The Morgan fingerprint density at radius 3 is 2.77 bits per heavy atom. The first kappa shape index (κ1) is 24.4. The second-order valence-electron chi connectivity index (χ2n) is 8.71. The second-order valence-corrected chi connectivity index (χ2v) is 8.71. The van der Waals surface area contributed by atoms with Crippen molar-refractivity contribution in [2.75, 3.05) is 26.4 Å². The summed E-state index contributed by atoms with van der Waals surface area (Å²) in [5.74, 6) is 0.281. The first-order valence-corrected chi connectivity index (χ1v) is 11.6. The van der Waals surface area contributed by atoms with E-state index in [0.717, 1.165) is 27.9 Å². The molecule has 35 heavy (non-hydrogen) atoms. The van der Waals surface area contributed by atoms with E-state index < -0.39 is 0 Å². The fraction of sp³-hybridized carbons (Fsp3) is 0.321. The highest BCUT2D eigenvalue weighted by Crippen LogP contribution is 2.30. The van der Waals surface area contributed by atoms with Crippen molar-refractivity contribution in [2.45, 2.75) is 32.9 Å². The Morgan fingerprint density at radius 1 is 1.20 bits per heavy atom. The maximum Gasteiger partial charge on any atom is 0.251 e. The van der Waals surface area contributed by atoms with Crippen LogP contribution in [-0.2, 0) is 9.47 Å². The highest BCUT2D eigenvalue weighted by molar-refractivity contribution is 5.96. The summed E-state index contributed by atoms with van der Waals surface area (Å²) in [6.45, 7) is 7.65. The van der Waals surface area contributed by atoms with E-state index in [0.29, 0.717) is 43.3 Å². The molecule has 1 aliphatic rings. The van der Waals surface area contributed by atoms with E-state index in [1.807, 2.05) is 57.2 Å². The number of hydrogen-bond donors (Lipinski definition) is 1. The van der Waals surface area contributed by atoms with E-state index in [9.17, 15) is 10.1 Å². The quantitative estimate of drug-likeness (QED) is 0.545. The molecule has 180 valence electrons. The Balaban J connectivity index is 1.63. The van der Waals surface area contributed by atoms with Gasteiger partial charge in [0.1, 0.15) is 18.5 Å². The first-order valence-electron chi connectivity index (χ1n) is 11.6. The minimum Gasteiger partial charge on any atom is -0.491 e. The molecule has 1 aliphatic heterocycles. The number of aromatic nitrogens is 1. The van der Waals surface area contributed by atoms with Crippen molar-refractivity contribution < 1.29 is 19.0 Å². The standard InChI is InChI=1S/C28H29N3O4/c1-18-4-7-27(24(10-18)14-29)22-11-23(13-25(12-22)35-17-26-16-33-8-9-34-26)28(32)31-20(3)21-6-5-19(2)30-15-21/h4-7,10-13,15,20,26H,8-9,16-17H2,1-3H3,(H,31,32)/t20-,26?/m1/s1. The summed E-state index contributed by atoms with van der Waals surface area (Å²) in [6.07, 6.45) is 1.59. The molecular formula is C28H29N3O4. The Morgan fingerprint density at radius 2 is 2.06 bits per heavy atom. The third-order valence-electron chi connectivity index (χ3n) is 5.88. The molecule has 0 bridgehead atoms. The average molecular weight is 472 g/mol. The molecule has 2 heterocycles. The van der Waals surface area contributed by atoms with Crippen molar-refractivity contribution in [2.24, 2.45) is 0 Å². The van der Waals surface area contributed by atoms with Gasteiger partial charge in [-0.05, 0) is 73.4 Å². The lowest BCUT2D eigenvalue weighted by atomic mass is 9.96. The first-order chi connectivity index (χ1) is 16.9. The van der Waals surface area contributed by atoms with Crippen LogP contribution >= 0.6 is 0 Å². The van der Waals surface area contributed by atoms with Gasteiger partial charge < -0.3 is 19.5 Å². The number of pyridine rings is 1. The van der Waals surface area contributed by atoms with E-state index >= 15 is 0 Å². The fourth-order valence-corrected chi connectivity index (χ4v) is 3.89. The van der Waals surface area contributed by atoms with Gasteiger partial charge >= 0.3 is 0 Å². The average Bonchev–Trinajstić information content (AvgIpc) is 2.88. The van der Waals surface area contributed by atoms with Crippen LogP contribution in [0.3, 0.4) is 0 Å². The maximum absolute atomic E-state index is 13.2. The summed E-state index contributed by atoms with van der Waals surface area (Å²) in [6, 6.07) is 16.9. The van der Waals surface area contributed by atoms with Gasteiger partial charge in [-0.3, -0.25) is 9.78 Å². The van der Waals surface area contributed by atoms with Crippen LogP contribution in [0, 0.1) is 25.2 Å². The highest BCUT2D eigenvalue weighted by Gasteiger charge is 2.18. The van der Waals surface area contributed by atoms with E-state index in [1.165, 1.54) is 0 Å². The predicted molar refractivity (Wildman–Crippen MR) is 132 cm³/mol. The van der Waals surface area contributed by atoms with Gasteiger partial charge in [0.25, 0.3) is 5.91 Å². The van der Waals surface area contributed by atoms with Crippen LogP contribution in [0.2, 0.25) is 0 Å². The van der Waals surface area contributed by atoms with Gasteiger partial charge in [-0.1, -0.05) is 18.2 Å². The SMILES string of the molecule is Cc1ccc(-c2cc(OCC3COCCO3)cc(C(=O)N[C@H](C)c3ccc(C)nc3)c2)c(C#N)c1. The molecule has 2 atom stereocenters. The van der Waals surface area contributed by atoms with E-state index in [-0.39, 0.29) is 18.1 Å². The minimum absolute atomic E-state index is 0.173. The highest BCUT2D eigenvalue weighted by atomic mass is 16.6. The van der Waals surface area contributed by atoms with E-state index in [4.69, 9.17) is 14.2 Å². The zero-order chi connectivity index (χ0) is 24.8. The second kappa shape index (κ2) is 11.1. The number of carbonyl (C=O) groups is 1. The van der Waals surface area contributed by atoms with Crippen LogP contribution in [0.15, 0.2) is 54.7 Å². The number of nitrogens with zero attached hydrogens (tertiary/aromatic N) is 2. The number of aryl methyl sites for hydroxylation is 2. The summed E-state index contributed by atoms with van der Waals surface area (Å²) < 4.78 is 17.1. The van der Waals surface area contributed by atoms with Gasteiger partial charge in [0, 0.05) is 17.5 Å². The van der Waals surface area contributed by atoms with Crippen molar-refractivity contribution in [1.29, 1.82) is 5.26 Å². The molecule has 7 nitrogen and oxygen atoms in total. The predicted octanol–water partition coefficient (Wildman–Crippen LogP) is 4.52. The number of benzene rings is 2. The van der Waals surface area contributed by atoms with Crippen molar-refractivity contribution in [1.82, 2.24) is 10.3 Å². The molecule has 1 saturated heterocycles. The van der Waals surface area contributed by atoms with Gasteiger partial charge in [0.15, 0.2) is 0 Å². The summed E-state index contributed by atoms with van der Waals surface area (Å²) >= 11 is 0. The summed E-state index contributed by atoms with van der Waals surface area (Å²) in [5, 5.41) is 12.7. The summed E-state index contributed by atoms with van der Waals surface area (Å²) in [7, 11) is 0. The Kier molecular flexibility index (Phi) is 7.76. The molecule has 0 spiro atoms. The normalized spacial score (nSPS) is 16.2. The van der Waals surface area contributed by atoms with Gasteiger partial charge in [-0.25, -0.2) is 0 Å². The van der Waals surface area contributed by atoms with Gasteiger partial charge in [-0.15, -0.1) is 0 Å². The molecule has 0 aliphatic carbocycles. The zero-order valence-electron chi connectivity index (χ0n) is 20.2. The summed E-state index contributed by atoms with van der Waals surface area (Å²) in [4.78, 5) is 17.6. The third kappa shape index (κ3) is 6.24. The monoisotopic (exact) mass is 471 g/mol. The van der Waals surface area contributed by atoms with Crippen LogP contribution < -0.4 is 10.1 Å². The molecule has 0 radical (unpaired) electrons. The lowest BCUT2D eigenvalue weighted by Crippen LogP contribution is -2.33. The van der Waals surface area contributed by atoms with Crippen molar-refractivity contribution in [3.63, 3.8) is 0 Å². The van der Waals surface area contributed by atoms with Crippen LogP contribution in [-0.4, -0.2) is 43.4 Å². The number of rotatable bonds is 7. The van der Waals surface area contributed by atoms with Crippen LogP contribution in [0.1, 0.15) is 45.7 Å². The van der Waals surface area contributed by atoms with Crippen molar-refractivity contribution in [3.8, 4) is 22.9 Å². The number of ether oxygens (including phenoxy) is 3. The van der Waals surface area contributed by atoms with E-state index in [2.05, 4.69) is 16.4 Å². The number of nitrogens with one attached hydrogen (secondary N) is 1.